The van der Waals surface area contributed by atoms with E-state index in [1.807, 2.05) is 0 Å². The number of fused-ring (bicyclic) bond motifs is 2. The molecule has 1 amide bonds. The summed E-state index contributed by atoms with van der Waals surface area (Å²) < 4.78 is 41.7. The zero-order valence-electron chi connectivity index (χ0n) is 14.1. The Balaban J connectivity index is 1.66. The predicted molar refractivity (Wildman–Crippen MR) is 94.8 cm³/mol. The first-order valence-corrected chi connectivity index (χ1v) is 8.79. The molecule has 2 N–H and O–H groups in total. The molecule has 27 heavy (non-hydrogen) atoms. The number of carbonyl (C=O) groups excluding carboxylic acids is 1. The van der Waals surface area contributed by atoms with Gasteiger partial charge in [-0.15, -0.1) is 13.2 Å². The summed E-state index contributed by atoms with van der Waals surface area (Å²) in [6, 6.07) is 9.85. The van der Waals surface area contributed by atoms with Crippen molar-refractivity contribution >= 4 is 23.2 Å². The van der Waals surface area contributed by atoms with Gasteiger partial charge >= 0.3 is 6.36 Å². The SMILES string of the molecule is NC(C(=O)N1CC2(CC2)c2ccc(OC(F)(F)F)cc21)c1ccc(Cl)cc1. The van der Waals surface area contributed by atoms with Gasteiger partial charge in [0.25, 0.3) is 0 Å². The Bertz CT molecular complexity index is 895. The number of rotatable bonds is 3. The number of anilines is 1. The summed E-state index contributed by atoms with van der Waals surface area (Å²) in [5, 5.41) is 0.524. The van der Waals surface area contributed by atoms with Crippen molar-refractivity contribution in [1.29, 1.82) is 0 Å². The molecular weight excluding hydrogens is 381 g/mol. The second-order valence-corrected chi connectivity index (χ2v) is 7.40. The number of benzene rings is 2. The minimum Gasteiger partial charge on any atom is -0.406 e. The van der Waals surface area contributed by atoms with Crippen LogP contribution in [0.1, 0.15) is 30.0 Å². The molecule has 1 atom stereocenters. The summed E-state index contributed by atoms with van der Waals surface area (Å²) in [4.78, 5) is 14.5. The predicted octanol–water partition coefficient (Wildman–Crippen LogP) is 4.32. The fourth-order valence-electron chi connectivity index (χ4n) is 3.61. The number of halogens is 4. The van der Waals surface area contributed by atoms with E-state index in [0.717, 1.165) is 18.4 Å². The lowest BCUT2D eigenvalue weighted by molar-refractivity contribution is -0.274. The minimum atomic E-state index is -4.79. The number of alkyl halides is 3. The third-order valence-electron chi connectivity index (χ3n) is 5.14. The van der Waals surface area contributed by atoms with Gasteiger partial charge in [0.05, 0.1) is 5.69 Å². The fraction of sp³-hybridized carbons (Fsp3) is 0.316. The number of amides is 1. The van der Waals surface area contributed by atoms with E-state index in [-0.39, 0.29) is 17.1 Å². The first kappa shape index (κ1) is 18.1. The second kappa shape index (κ2) is 6.14. The van der Waals surface area contributed by atoms with Gasteiger partial charge in [-0.3, -0.25) is 4.79 Å². The molecule has 1 unspecified atom stereocenters. The Hall–Kier alpha value is -2.25. The summed E-state index contributed by atoms with van der Waals surface area (Å²) >= 11 is 5.86. The van der Waals surface area contributed by atoms with Crippen LogP contribution < -0.4 is 15.4 Å². The lowest BCUT2D eigenvalue weighted by Crippen LogP contribution is -2.38. The molecule has 1 heterocycles. The summed E-state index contributed by atoms with van der Waals surface area (Å²) in [5.74, 6) is -0.719. The average molecular weight is 397 g/mol. The van der Waals surface area contributed by atoms with E-state index >= 15 is 0 Å². The number of carbonyl (C=O) groups is 1. The molecule has 2 aromatic rings. The second-order valence-electron chi connectivity index (χ2n) is 6.96. The molecule has 1 aliphatic carbocycles. The van der Waals surface area contributed by atoms with Crippen LogP contribution in [0.15, 0.2) is 42.5 Å². The van der Waals surface area contributed by atoms with Gasteiger partial charge in [0.1, 0.15) is 11.8 Å². The van der Waals surface area contributed by atoms with Crippen LogP contribution in [0.4, 0.5) is 18.9 Å². The van der Waals surface area contributed by atoms with E-state index in [2.05, 4.69) is 4.74 Å². The van der Waals surface area contributed by atoms with E-state index < -0.39 is 12.4 Å². The molecule has 1 aliphatic heterocycles. The monoisotopic (exact) mass is 396 g/mol. The quantitative estimate of drug-likeness (QED) is 0.840. The molecule has 1 fully saturated rings. The van der Waals surface area contributed by atoms with Crippen LogP contribution in [-0.4, -0.2) is 18.8 Å². The van der Waals surface area contributed by atoms with E-state index in [1.165, 1.54) is 17.0 Å². The van der Waals surface area contributed by atoms with Crippen molar-refractivity contribution in [3.63, 3.8) is 0 Å². The van der Waals surface area contributed by atoms with Crippen LogP contribution >= 0.6 is 11.6 Å². The smallest absolute Gasteiger partial charge is 0.406 e. The highest BCUT2D eigenvalue weighted by Gasteiger charge is 2.53. The van der Waals surface area contributed by atoms with Crippen LogP contribution in [0, 0.1) is 0 Å². The van der Waals surface area contributed by atoms with E-state index in [4.69, 9.17) is 17.3 Å². The van der Waals surface area contributed by atoms with Crippen LogP contribution in [0.25, 0.3) is 0 Å². The Morgan fingerprint density at radius 1 is 1.19 bits per heavy atom. The maximum atomic E-state index is 13.0. The van der Waals surface area contributed by atoms with Crippen LogP contribution in [0.5, 0.6) is 5.75 Å². The zero-order chi connectivity index (χ0) is 19.4. The third-order valence-corrected chi connectivity index (χ3v) is 5.39. The van der Waals surface area contributed by atoms with Gasteiger partial charge in [0.15, 0.2) is 0 Å². The highest BCUT2D eigenvalue weighted by Crippen LogP contribution is 2.57. The van der Waals surface area contributed by atoms with Crippen molar-refractivity contribution in [1.82, 2.24) is 0 Å². The standard InChI is InChI=1S/C19H16ClF3N2O2/c20-12-3-1-11(2-4-12)16(24)17(26)25-10-18(7-8-18)14-6-5-13(9-15(14)25)27-19(21,22)23/h1-6,9,16H,7-8,10,24H2. The number of ether oxygens (including phenoxy) is 1. The first-order valence-electron chi connectivity index (χ1n) is 8.41. The van der Waals surface area contributed by atoms with Gasteiger partial charge in [-0.05, 0) is 42.2 Å². The van der Waals surface area contributed by atoms with Crippen molar-refractivity contribution in [2.45, 2.75) is 30.7 Å². The maximum absolute atomic E-state index is 13.0. The molecule has 142 valence electrons. The average Bonchev–Trinajstić information content (AvgIpc) is 3.31. The van der Waals surface area contributed by atoms with Crippen molar-refractivity contribution < 1.29 is 22.7 Å². The molecule has 2 aliphatic rings. The highest BCUT2D eigenvalue weighted by molar-refractivity contribution is 6.30. The van der Waals surface area contributed by atoms with Crippen LogP contribution in [0.3, 0.4) is 0 Å². The van der Waals surface area contributed by atoms with Crippen LogP contribution in [-0.2, 0) is 10.2 Å². The van der Waals surface area contributed by atoms with Crippen molar-refractivity contribution in [3.8, 4) is 5.75 Å². The van der Waals surface area contributed by atoms with Gasteiger partial charge in [-0.1, -0.05) is 29.8 Å². The van der Waals surface area contributed by atoms with Gasteiger partial charge < -0.3 is 15.4 Å². The molecule has 0 radical (unpaired) electrons. The molecular formula is C19H16ClF3N2O2. The van der Waals surface area contributed by atoms with Gasteiger partial charge in [-0.2, -0.15) is 0 Å². The summed E-state index contributed by atoms with van der Waals surface area (Å²) in [5.41, 5.74) is 7.84. The fourth-order valence-corrected chi connectivity index (χ4v) is 3.73. The Labute approximate surface area is 158 Å². The molecule has 0 bridgehead atoms. The lowest BCUT2D eigenvalue weighted by Gasteiger charge is -2.22. The number of nitrogens with zero attached hydrogens (tertiary/aromatic N) is 1. The lowest BCUT2D eigenvalue weighted by atomic mass is 9.99. The Kier molecular flexibility index (Phi) is 4.12. The first-order chi connectivity index (χ1) is 12.7. The van der Waals surface area contributed by atoms with Crippen molar-refractivity contribution in [3.05, 3.63) is 58.6 Å². The Morgan fingerprint density at radius 3 is 2.44 bits per heavy atom. The normalized spacial score (nSPS) is 18.3. The number of hydrogen-bond donors (Lipinski definition) is 1. The molecule has 1 saturated carbocycles. The van der Waals surface area contributed by atoms with Gasteiger partial charge in [-0.25, -0.2) is 0 Å². The summed E-state index contributed by atoms with van der Waals surface area (Å²) in [6.07, 6.45) is -3.02. The minimum absolute atomic E-state index is 0.179. The molecule has 8 heteroatoms. The third kappa shape index (κ3) is 3.37. The largest absolute Gasteiger partial charge is 0.573 e. The molecule has 0 aromatic heterocycles. The van der Waals surface area contributed by atoms with E-state index in [1.54, 1.807) is 30.3 Å². The number of nitrogens with two attached hydrogens (primary N) is 1. The number of hydrogen-bond acceptors (Lipinski definition) is 3. The molecule has 0 saturated heterocycles. The van der Waals surface area contributed by atoms with Crippen molar-refractivity contribution in [2.24, 2.45) is 5.73 Å². The van der Waals surface area contributed by atoms with E-state index in [9.17, 15) is 18.0 Å². The highest BCUT2D eigenvalue weighted by atomic mass is 35.5. The topological polar surface area (TPSA) is 55.6 Å². The molecule has 4 rings (SSSR count). The molecule has 4 nitrogen and oxygen atoms in total. The van der Waals surface area contributed by atoms with Crippen molar-refractivity contribution in [2.75, 3.05) is 11.4 Å². The van der Waals surface area contributed by atoms with Crippen LogP contribution in [0.2, 0.25) is 5.02 Å². The van der Waals surface area contributed by atoms with E-state index in [0.29, 0.717) is 22.8 Å². The zero-order valence-corrected chi connectivity index (χ0v) is 14.8. The summed E-state index contributed by atoms with van der Waals surface area (Å²) in [6.45, 7) is 0.415. The van der Waals surface area contributed by atoms with Gasteiger partial charge in [0, 0.05) is 23.0 Å². The maximum Gasteiger partial charge on any atom is 0.573 e. The molecule has 2 aromatic carbocycles. The van der Waals surface area contributed by atoms with Gasteiger partial charge in [0.2, 0.25) is 5.91 Å². The summed E-state index contributed by atoms with van der Waals surface area (Å²) in [7, 11) is 0. The Morgan fingerprint density at radius 2 is 1.85 bits per heavy atom. The molecule has 1 spiro atoms.